The van der Waals surface area contributed by atoms with E-state index >= 15 is 0 Å². The van der Waals surface area contributed by atoms with Crippen LogP contribution in [0, 0.1) is 5.82 Å². The summed E-state index contributed by atoms with van der Waals surface area (Å²) in [4.78, 5) is 39.4. The van der Waals surface area contributed by atoms with Gasteiger partial charge in [0.05, 0.1) is 6.04 Å². The second kappa shape index (κ2) is 9.07. The number of amides is 4. The van der Waals surface area contributed by atoms with Crippen molar-refractivity contribution in [3.8, 4) is 0 Å². The fraction of sp³-hybridized carbons (Fsp3) is 0.348. The normalized spacial score (nSPS) is 19.5. The van der Waals surface area contributed by atoms with Gasteiger partial charge in [-0.3, -0.25) is 14.5 Å². The average Bonchev–Trinajstić information content (AvgIpc) is 2.98. The summed E-state index contributed by atoms with van der Waals surface area (Å²) in [5.41, 5.74) is 0.148. The predicted molar refractivity (Wildman–Crippen MR) is 111 cm³/mol. The largest absolute Gasteiger partial charge is 0.348 e. The molecule has 3 rings (SSSR count). The standard InChI is InChI=1S/C23H26FN3O3/c1-3-4-14-23(18-10-12-19(24)13-11-18)21(29)27(22(30)26-23)15-20(28)25-16(2)17-8-6-5-7-9-17/h5-13,16H,3-4,14-15H2,1-2H3,(H,25,28)(H,26,30)/t16-,23-/m0/s1. The van der Waals surface area contributed by atoms with Gasteiger partial charge in [-0.25, -0.2) is 9.18 Å². The average molecular weight is 411 g/mol. The Morgan fingerprint density at radius 1 is 1.13 bits per heavy atom. The Labute approximate surface area is 175 Å². The van der Waals surface area contributed by atoms with Crippen LogP contribution in [0.2, 0.25) is 0 Å². The van der Waals surface area contributed by atoms with E-state index in [0.717, 1.165) is 16.9 Å². The molecule has 7 heteroatoms. The molecule has 2 N–H and O–H groups in total. The first-order chi connectivity index (χ1) is 14.4. The molecule has 0 aromatic heterocycles. The van der Waals surface area contributed by atoms with Crippen molar-refractivity contribution in [2.24, 2.45) is 0 Å². The van der Waals surface area contributed by atoms with E-state index < -0.39 is 29.2 Å². The molecule has 1 fully saturated rings. The first kappa shape index (κ1) is 21.5. The molecular weight excluding hydrogens is 385 g/mol. The quantitative estimate of drug-likeness (QED) is 0.651. The fourth-order valence-corrected chi connectivity index (χ4v) is 3.71. The number of carbonyl (C=O) groups is 3. The molecule has 0 saturated carbocycles. The highest BCUT2D eigenvalue weighted by molar-refractivity contribution is 6.09. The Morgan fingerprint density at radius 2 is 1.80 bits per heavy atom. The Hall–Kier alpha value is -3.22. The number of hydrogen-bond acceptors (Lipinski definition) is 3. The van der Waals surface area contributed by atoms with Gasteiger partial charge in [-0.15, -0.1) is 0 Å². The molecular formula is C23H26FN3O3. The van der Waals surface area contributed by atoms with E-state index in [2.05, 4.69) is 10.6 Å². The first-order valence-electron chi connectivity index (χ1n) is 10.1. The van der Waals surface area contributed by atoms with Gasteiger partial charge in [0.25, 0.3) is 5.91 Å². The maximum atomic E-state index is 13.4. The maximum Gasteiger partial charge on any atom is 0.325 e. The van der Waals surface area contributed by atoms with E-state index in [1.165, 1.54) is 24.3 Å². The van der Waals surface area contributed by atoms with Crippen molar-refractivity contribution >= 4 is 17.8 Å². The van der Waals surface area contributed by atoms with E-state index in [1.54, 1.807) is 0 Å². The third-order valence-electron chi connectivity index (χ3n) is 5.40. The van der Waals surface area contributed by atoms with Crippen LogP contribution in [0.3, 0.4) is 0 Å². The molecule has 6 nitrogen and oxygen atoms in total. The molecule has 1 saturated heterocycles. The van der Waals surface area contributed by atoms with Crippen LogP contribution < -0.4 is 10.6 Å². The summed E-state index contributed by atoms with van der Waals surface area (Å²) < 4.78 is 13.4. The zero-order valence-corrected chi connectivity index (χ0v) is 17.2. The first-order valence-corrected chi connectivity index (χ1v) is 10.1. The van der Waals surface area contributed by atoms with Gasteiger partial charge in [0.2, 0.25) is 5.91 Å². The van der Waals surface area contributed by atoms with Crippen molar-refractivity contribution in [2.75, 3.05) is 6.54 Å². The molecule has 2 aromatic rings. The number of hydrogen-bond donors (Lipinski definition) is 2. The SMILES string of the molecule is CCCC[C@@]1(c2ccc(F)cc2)NC(=O)N(CC(=O)N[C@@H](C)c2ccccc2)C1=O. The number of halogens is 1. The van der Waals surface area contributed by atoms with E-state index in [-0.39, 0.29) is 12.6 Å². The predicted octanol–water partition coefficient (Wildman–Crippen LogP) is 3.64. The molecule has 4 amide bonds. The van der Waals surface area contributed by atoms with Crippen molar-refractivity contribution in [3.05, 3.63) is 71.5 Å². The number of unbranched alkanes of at least 4 members (excludes halogenated alkanes) is 1. The van der Waals surface area contributed by atoms with Crippen LogP contribution in [-0.2, 0) is 15.1 Å². The molecule has 0 bridgehead atoms. The number of urea groups is 1. The summed E-state index contributed by atoms with van der Waals surface area (Å²) in [5.74, 6) is -1.34. The molecule has 0 spiro atoms. The van der Waals surface area contributed by atoms with E-state index in [0.29, 0.717) is 18.4 Å². The minimum atomic E-state index is -1.29. The highest BCUT2D eigenvalue weighted by atomic mass is 19.1. The van der Waals surface area contributed by atoms with Crippen LogP contribution in [0.1, 0.15) is 50.3 Å². The summed E-state index contributed by atoms with van der Waals surface area (Å²) in [6, 6.07) is 14.1. The smallest absolute Gasteiger partial charge is 0.325 e. The van der Waals surface area contributed by atoms with Gasteiger partial charge in [0.15, 0.2) is 0 Å². The molecule has 1 aliphatic heterocycles. The van der Waals surface area contributed by atoms with Crippen molar-refractivity contribution in [1.82, 2.24) is 15.5 Å². The summed E-state index contributed by atoms with van der Waals surface area (Å²) >= 11 is 0. The number of carbonyl (C=O) groups excluding carboxylic acids is 3. The molecule has 0 aliphatic carbocycles. The van der Waals surface area contributed by atoms with Gasteiger partial charge in [-0.1, -0.05) is 62.2 Å². The fourth-order valence-electron chi connectivity index (χ4n) is 3.71. The molecule has 0 unspecified atom stereocenters. The number of benzene rings is 2. The molecule has 2 atom stereocenters. The van der Waals surface area contributed by atoms with Gasteiger partial charge in [0.1, 0.15) is 17.9 Å². The lowest BCUT2D eigenvalue weighted by Gasteiger charge is -2.27. The minimum Gasteiger partial charge on any atom is -0.348 e. The Morgan fingerprint density at radius 3 is 2.43 bits per heavy atom. The highest BCUT2D eigenvalue weighted by Gasteiger charge is 2.52. The van der Waals surface area contributed by atoms with Crippen molar-refractivity contribution < 1.29 is 18.8 Å². The van der Waals surface area contributed by atoms with Crippen molar-refractivity contribution in [1.29, 1.82) is 0 Å². The number of imide groups is 1. The number of rotatable bonds is 8. The van der Waals surface area contributed by atoms with Crippen LogP contribution in [0.5, 0.6) is 0 Å². The molecule has 30 heavy (non-hydrogen) atoms. The Kier molecular flexibility index (Phi) is 6.50. The number of nitrogens with zero attached hydrogens (tertiary/aromatic N) is 1. The zero-order valence-electron chi connectivity index (χ0n) is 17.2. The molecule has 2 aromatic carbocycles. The van der Waals surface area contributed by atoms with Gasteiger partial charge in [0, 0.05) is 0 Å². The summed E-state index contributed by atoms with van der Waals surface area (Å²) in [6.45, 7) is 3.44. The molecule has 158 valence electrons. The van der Waals surface area contributed by atoms with E-state index in [1.807, 2.05) is 44.2 Å². The van der Waals surface area contributed by atoms with Crippen LogP contribution in [0.25, 0.3) is 0 Å². The monoisotopic (exact) mass is 411 g/mol. The van der Waals surface area contributed by atoms with Gasteiger partial charge < -0.3 is 10.6 Å². The lowest BCUT2D eigenvalue weighted by atomic mass is 9.85. The van der Waals surface area contributed by atoms with Crippen LogP contribution in [0.15, 0.2) is 54.6 Å². The number of nitrogens with one attached hydrogen (secondary N) is 2. The topological polar surface area (TPSA) is 78.5 Å². The summed E-state index contributed by atoms with van der Waals surface area (Å²) in [6.07, 6.45) is 1.88. The van der Waals surface area contributed by atoms with Crippen molar-refractivity contribution in [3.63, 3.8) is 0 Å². The van der Waals surface area contributed by atoms with E-state index in [9.17, 15) is 18.8 Å². The van der Waals surface area contributed by atoms with Gasteiger partial charge >= 0.3 is 6.03 Å². The minimum absolute atomic E-state index is 0.263. The van der Waals surface area contributed by atoms with Crippen molar-refractivity contribution in [2.45, 2.75) is 44.7 Å². The van der Waals surface area contributed by atoms with Gasteiger partial charge in [-0.05, 0) is 36.6 Å². The summed E-state index contributed by atoms with van der Waals surface area (Å²) in [7, 11) is 0. The van der Waals surface area contributed by atoms with Crippen LogP contribution in [-0.4, -0.2) is 29.3 Å². The van der Waals surface area contributed by atoms with Crippen LogP contribution in [0.4, 0.5) is 9.18 Å². The third kappa shape index (κ3) is 4.35. The highest BCUT2D eigenvalue weighted by Crippen LogP contribution is 2.34. The molecule has 1 aliphatic rings. The Bertz CT molecular complexity index is 917. The Balaban J connectivity index is 1.77. The van der Waals surface area contributed by atoms with Gasteiger partial charge in [-0.2, -0.15) is 0 Å². The zero-order chi connectivity index (χ0) is 21.7. The molecule has 1 heterocycles. The second-order valence-corrected chi connectivity index (χ2v) is 7.54. The second-order valence-electron chi connectivity index (χ2n) is 7.54. The lowest BCUT2D eigenvalue weighted by molar-refractivity contribution is -0.135. The third-order valence-corrected chi connectivity index (χ3v) is 5.40. The summed E-state index contributed by atoms with van der Waals surface area (Å²) in [5, 5.41) is 5.58. The lowest BCUT2D eigenvalue weighted by Crippen LogP contribution is -2.45. The molecule has 0 radical (unpaired) electrons. The maximum absolute atomic E-state index is 13.4. The van der Waals surface area contributed by atoms with E-state index in [4.69, 9.17) is 0 Å². The van der Waals surface area contributed by atoms with Crippen LogP contribution >= 0.6 is 0 Å².